The van der Waals surface area contributed by atoms with Gasteiger partial charge in [0.25, 0.3) is 0 Å². The summed E-state index contributed by atoms with van der Waals surface area (Å²) in [6, 6.07) is 20.4. The normalized spacial score (nSPS) is 14.4. The third-order valence-electron chi connectivity index (χ3n) is 7.62. The fraction of sp³-hybridized carbons (Fsp3) is 0.242. The van der Waals surface area contributed by atoms with Gasteiger partial charge in [-0.15, -0.1) is 0 Å². The first-order chi connectivity index (χ1) is 21.1. The number of aryl methyl sites for hydroxylation is 2. The van der Waals surface area contributed by atoms with E-state index in [4.69, 9.17) is 25.9 Å². The molecular weight excluding hydrogens is 574 g/mol. The van der Waals surface area contributed by atoms with Gasteiger partial charge in [0.15, 0.2) is 0 Å². The summed E-state index contributed by atoms with van der Waals surface area (Å²) in [5.74, 6) is 1.55. The molecule has 1 fully saturated rings. The van der Waals surface area contributed by atoms with E-state index in [1.165, 1.54) is 6.08 Å². The van der Waals surface area contributed by atoms with E-state index in [9.17, 15) is 8.42 Å². The van der Waals surface area contributed by atoms with E-state index in [0.717, 1.165) is 60.3 Å². The molecule has 226 valence electrons. The standard InChI is InChI=1S/C33H35N7O3S/c1-22-18-25(6-5-15-34)19-23(2)31(22)43-32-29(28-7-3-4-8-30(28)35)20-37-33(39-32)38-26-13-16-40(17-14-26)21-24-9-11-27(12-10-24)44(36,41)42/h3-12,18-20,26H,13-14,16-17,21,35H2,1-2H3,(H2,36,41,42)(H,37,38,39)/b6-5+. The molecule has 1 aliphatic heterocycles. The molecule has 5 rings (SSSR count). The van der Waals surface area contributed by atoms with E-state index in [0.29, 0.717) is 28.8 Å². The lowest BCUT2D eigenvalue weighted by atomic mass is 10.0. The van der Waals surface area contributed by atoms with Crippen molar-refractivity contribution in [2.75, 3.05) is 24.1 Å². The third kappa shape index (κ3) is 7.41. The molecular formula is C33H35N7O3S. The molecule has 0 aliphatic carbocycles. The van der Waals surface area contributed by atoms with Gasteiger partial charge in [-0.3, -0.25) is 4.90 Å². The topological polar surface area (TPSA) is 160 Å². The molecule has 0 bridgehead atoms. The van der Waals surface area contributed by atoms with Gasteiger partial charge in [0.1, 0.15) is 5.75 Å². The number of likely N-dealkylation sites (tertiary alicyclic amines) is 1. The quantitative estimate of drug-likeness (QED) is 0.167. The largest absolute Gasteiger partial charge is 0.438 e. The van der Waals surface area contributed by atoms with Crippen molar-refractivity contribution in [1.29, 1.82) is 5.26 Å². The number of nitrogens with one attached hydrogen (secondary N) is 1. The van der Waals surface area contributed by atoms with Gasteiger partial charge in [-0.1, -0.05) is 30.3 Å². The van der Waals surface area contributed by atoms with Crippen molar-refractivity contribution in [3.8, 4) is 28.8 Å². The molecule has 4 aromatic rings. The second-order valence-corrected chi connectivity index (χ2v) is 12.5. The fourth-order valence-corrected chi connectivity index (χ4v) is 5.89. The molecule has 0 saturated carbocycles. The summed E-state index contributed by atoms with van der Waals surface area (Å²) in [7, 11) is -3.70. The lowest BCUT2D eigenvalue weighted by Gasteiger charge is -2.32. The van der Waals surface area contributed by atoms with Crippen LogP contribution in [0.1, 0.15) is 35.1 Å². The second-order valence-electron chi connectivity index (χ2n) is 10.9. The van der Waals surface area contributed by atoms with E-state index < -0.39 is 10.0 Å². The summed E-state index contributed by atoms with van der Waals surface area (Å²) in [4.78, 5) is 11.9. The van der Waals surface area contributed by atoms with Crippen molar-refractivity contribution in [1.82, 2.24) is 14.9 Å². The summed E-state index contributed by atoms with van der Waals surface area (Å²) in [5.41, 5.74) is 12.2. The predicted molar refractivity (Wildman–Crippen MR) is 172 cm³/mol. The zero-order valence-corrected chi connectivity index (χ0v) is 25.5. The number of piperidine rings is 1. The van der Waals surface area contributed by atoms with Crippen molar-refractivity contribution >= 4 is 27.7 Å². The van der Waals surface area contributed by atoms with Crippen LogP contribution in [0.5, 0.6) is 11.6 Å². The van der Waals surface area contributed by atoms with Crippen molar-refractivity contribution in [2.24, 2.45) is 5.14 Å². The first-order valence-corrected chi connectivity index (χ1v) is 15.8. The summed E-state index contributed by atoms with van der Waals surface area (Å²) in [6.45, 7) is 6.38. The van der Waals surface area contributed by atoms with Gasteiger partial charge in [0.05, 0.1) is 16.5 Å². The van der Waals surface area contributed by atoms with Gasteiger partial charge in [-0.05, 0) is 85.4 Å². The van der Waals surface area contributed by atoms with Gasteiger partial charge < -0.3 is 15.8 Å². The molecule has 11 heteroatoms. The zero-order valence-electron chi connectivity index (χ0n) is 24.7. The molecule has 3 aromatic carbocycles. The van der Waals surface area contributed by atoms with E-state index in [2.05, 4.69) is 15.2 Å². The Labute approximate surface area is 258 Å². The number of hydrogen-bond acceptors (Lipinski definition) is 9. The molecule has 0 amide bonds. The first-order valence-electron chi connectivity index (χ1n) is 14.3. The molecule has 1 saturated heterocycles. The van der Waals surface area contributed by atoms with Gasteiger partial charge in [0, 0.05) is 49.2 Å². The summed E-state index contributed by atoms with van der Waals surface area (Å²) >= 11 is 0. The molecule has 2 heterocycles. The highest BCUT2D eigenvalue weighted by Gasteiger charge is 2.22. The number of aromatic nitrogens is 2. The Bertz CT molecular complexity index is 1800. The lowest BCUT2D eigenvalue weighted by molar-refractivity contribution is 0.211. The van der Waals surface area contributed by atoms with E-state index in [-0.39, 0.29) is 10.9 Å². The van der Waals surface area contributed by atoms with Crippen molar-refractivity contribution < 1.29 is 13.2 Å². The van der Waals surface area contributed by atoms with Crippen molar-refractivity contribution in [2.45, 2.75) is 44.2 Å². The Morgan fingerprint density at radius 1 is 1.07 bits per heavy atom. The Hall–Kier alpha value is -4.76. The molecule has 1 aromatic heterocycles. The number of nitrogens with zero attached hydrogens (tertiary/aromatic N) is 4. The molecule has 10 nitrogen and oxygen atoms in total. The maximum Gasteiger partial charge on any atom is 0.238 e. The van der Waals surface area contributed by atoms with Crippen LogP contribution in [0.3, 0.4) is 0 Å². The van der Waals surface area contributed by atoms with Crippen LogP contribution in [0.2, 0.25) is 0 Å². The third-order valence-corrected chi connectivity index (χ3v) is 8.54. The Balaban J connectivity index is 1.32. The maximum atomic E-state index is 11.5. The number of nitriles is 1. The summed E-state index contributed by atoms with van der Waals surface area (Å²) in [6.07, 6.45) is 6.73. The number of para-hydroxylation sites is 1. The minimum Gasteiger partial charge on any atom is -0.438 e. The molecule has 0 unspecified atom stereocenters. The number of benzene rings is 3. The molecule has 44 heavy (non-hydrogen) atoms. The average Bonchev–Trinajstić information content (AvgIpc) is 2.99. The van der Waals surface area contributed by atoms with Crippen LogP contribution in [-0.2, 0) is 16.6 Å². The maximum absolute atomic E-state index is 11.5. The van der Waals surface area contributed by atoms with Crippen LogP contribution < -0.4 is 20.9 Å². The number of nitrogens with two attached hydrogens (primary N) is 2. The highest BCUT2D eigenvalue weighted by molar-refractivity contribution is 7.89. The van der Waals surface area contributed by atoms with Crippen LogP contribution in [0.4, 0.5) is 11.6 Å². The highest BCUT2D eigenvalue weighted by Crippen LogP contribution is 2.37. The first kappa shape index (κ1) is 30.7. The van der Waals surface area contributed by atoms with Gasteiger partial charge >= 0.3 is 0 Å². The number of allylic oxidation sites excluding steroid dienone is 1. The Morgan fingerprint density at radius 3 is 2.39 bits per heavy atom. The predicted octanol–water partition coefficient (Wildman–Crippen LogP) is 5.40. The monoisotopic (exact) mass is 609 g/mol. The van der Waals surface area contributed by atoms with Gasteiger partial charge in [-0.25, -0.2) is 18.5 Å². The summed E-state index contributed by atoms with van der Waals surface area (Å²) < 4.78 is 29.6. The van der Waals surface area contributed by atoms with E-state index in [1.54, 1.807) is 36.5 Å². The summed E-state index contributed by atoms with van der Waals surface area (Å²) in [5, 5.41) is 17.6. The highest BCUT2D eigenvalue weighted by atomic mass is 32.2. The molecule has 0 atom stereocenters. The second kappa shape index (κ2) is 13.3. The van der Waals surface area contributed by atoms with Crippen LogP contribution in [0, 0.1) is 25.2 Å². The minimum absolute atomic E-state index is 0.114. The molecule has 5 N–H and O–H groups in total. The molecule has 0 spiro atoms. The Kier molecular flexibility index (Phi) is 9.25. The van der Waals surface area contributed by atoms with Gasteiger partial charge in [-0.2, -0.15) is 10.2 Å². The SMILES string of the molecule is Cc1cc(/C=C/C#N)cc(C)c1Oc1nc(NC2CCN(Cc3ccc(S(N)(=O)=O)cc3)CC2)ncc1-c1ccccc1N. The number of primary sulfonamides is 1. The van der Waals surface area contributed by atoms with E-state index >= 15 is 0 Å². The van der Waals surface area contributed by atoms with Gasteiger partial charge in [0.2, 0.25) is 21.9 Å². The van der Waals surface area contributed by atoms with Crippen LogP contribution in [0.25, 0.3) is 17.2 Å². The lowest BCUT2D eigenvalue weighted by Crippen LogP contribution is -2.39. The van der Waals surface area contributed by atoms with Crippen LogP contribution in [-0.4, -0.2) is 42.4 Å². The Morgan fingerprint density at radius 2 is 1.75 bits per heavy atom. The van der Waals surface area contributed by atoms with Crippen molar-refractivity contribution in [3.63, 3.8) is 0 Å². The van der Waals surface area contributed by atoms with Crippen LogP contribution in [0.15, 0.2) is 77.8 Å². The van der Waals surface area contributed by atoms with E-state index in [1.807, 2.05) is 56.3 Å². The number of hydrogen-bond donors (Lipinski definition) is 3. The zero-order chi connectivity index (χ0) is 31.3. The number of nitrogen functional groups attached to an aromatic ring is 1. The number of rotatable bonds is 9. The number of ether oxygens (including phenoxy) is 1. The molecule has 1 aliphatic rings. The smallest absolute Gasteiger partial charge is 0.238 e. The number of anilines is 2. The minimum atomic E-state index is -3.70. The van der Waals surface area contributed by atoms with Crippen LogP contribution >= 0.6 is 0 Å². The van der Waals surface area contributed by atoms with Crippen molar-refractivity contribution in [3.05, 3.63) is 95.2 Å². The molecule has 0 radical (unpaired) electrons. The fourth-order valence-electron chi connectivity index (χ4n) is 5.37. The number of sulfonamides is 1. The average molecular weight is 610 g/mol.